The first-order valence-corrected chi connectivity index (χ1v) is 6.60. The van der Waals surface area contributed by atoms with Gasteiger partial charge in [0.25, 0.3) is 0 Å². The fourth-order valence-corrected chi connectivity index (χ4v) is 1.69. The number of aryl methyl sites for hydroxylation is 1. The van der Waals surface area contributed by atoms with Gasteiger partial charge < -0.3 is 10.1 Å². The Kier molecular flexibility index (Phi) is 4.86. The molecule has 1 aromatic carbocycles. The minimum Gasteiger partial charge on any atom is -0.437 e. The van der Waals surface area contributed by atoms with Crippen LogP contribution in [0.3, 0.4) is 0 Å². The van der Waals surface area contributed by atoms with Crippen molar-refractivity contribution in [3.8, 4) is 11.6 Å². The summed E-state index contributed by atoms with van der Waals surface area (Å²) < 4.78 is 5.69. The summed E-state index contributed by atoms with van der Waals surface area (Å²) in [4.78, 5) is 8.56. The quantitative estimate of drug-likeness (QED) is 0.864. The SMILES string of the molecule is CCNCc1cnc(Oc2cccc(CC)c2)cn1. The van der Waals surface area contributed by atoms with Gasteiger partial charge in [0.05, 0.1) is 18.1 Å². The maximum Gasteiger partial charge on any atom is 0.237 e. The van der Waals surface area contributed by atoms with Gasteiger partial charge in [-0.25, -0.2) is 4.98 Å². The van der Waals surface area contributed by atoms with Gasteiger partial charge in [0, 0.05) is 6.54 Å². The minimum atomic E-state index is 0.522. The summed E-state index contributed by atoms with van der Waals surface area (Å²) in [6, 6.07) is 8.01. The second-order valence-electron chi connectivity index (χ2n) is 4.23. The maximum atomic E-state index is 5.69. The molecular weight excluding hydrogens is 238 g/mol. The summed E-state index contributed by atoms with van der Waals surface area (Å²) in [7, 11) is 0. The Hall–Kier alpha value is -1.94. The molecule has 1 N–H and O–H groups in total. The van der Waals surface area contributed by atoms with E-state index in [9.17, 15) is 0 Å². The van der Waals surface area contributed by atoms with E-state index in [-0.39, 0.29) is 0 Å². The van der Waals surface area contributed by atoms with Crippen LogP contribution in [0.2, 0.25) is 0 Å². The second kappa shape index (κ2) is 6.85. The average Bonchev–Trinajstić information content (AvgIpc) is 2.47. The molecule has 0 fully saturated rings. The van der Waals surface area contributed by atoms with Gasteiger partial charge in [-0.15, -0.1) is 0 Å². The maximum absolute atomic E-state index is 5.69. The Morgan fingerprint density at radius 3 is 2.74 bits per heavy atom. The van der Waals surface area contributed by atoms with E-state index in [0.29, 0.717) is 5.88 Å². The highest BCUT2D eigenvalue weighted by Gasteiger charge is 2.01. The van der Waals surface area contributed by atoms with Crippen molar-refractivity contribution in [3.05, 3.63) is 47.9 Å². The molecule has 0 saturated carbocycles. The van der Waals surface area contributed by atoms with Crippen molar-refractivity contribution in [2.45, 2.75) is 26.8 Å². The topological polar surface area (TPSA) is 47.0 Å². The van der Waals surface area contributed by atoms with Gasteiger partial charge in [-0.05, 0) is 30.7 Å². The molecule has 0 bridgehead atoms. The van der Waals surface area contributed by atoms with Gasteiger partial charge in [0.2, 0.25) is 5.88 Å². The lowest BCUT2D eigenvalue weighted by molar-refractivity contribution is 0.458. The van der Waals surface area contributed by atoms with Crippen molar-refractivity contribution in [3.63, 3.8) is 0 Å². The number of aromatic nitrogens is 2. The molecule has 0 atom stereocenters. The fourth-order valence-electron chi connectivity index (χ4n) is 1.69. The summed E-state index contributed by atoms with van der Waals surface area (Å²) in [5.74, 6) is 1.32. The van der Waals surface area contributed by atoms with Crippen molar-refractivity contribution in [1.82, 2.24) is 15.3 Å². The van der Waals surface area contributed by atoms with Crippen LogP contribution >= 0.6 is 0 Å². The smallest absolute Gasteiger partial charge is 0.237 e. The molecule has 0 amide bonds. The molecule has 0 unspecified atom stereocenters. The molecule has 0 aliphatic carbocycles. The Morgan fingerprint density at radius 2 is 2.05 bits per heavy atom. The van der Waals surface area contributed by atoms with Crippen molar-refractivity contribution < 1.29 is 4.74 Å². The predicted molar refractivity (Wildman–Crippen MR) is 75.3 cm³/mol. The molecule has 4 heteroatoms. The summed E-state index contributed by atoms with van der Waals surface area (Å²) in [5.41, 5.74) is 2.16. The number of hydrogen-bond donors (Lipinski definition) is 1. The number of benzene rings is 1. The first-order chi connectivity index (χ1) is 9.31. The largest absolute Gasteiger partial charge is 0.437 e. The molecular formula is C15H19N3O. The third kappa shape index (κ3) is 4.03. The number of ether oxygens (including phenoxy) is 1. The lowest BCUT2D eigenvalue weighted by atomic mass is 10.2. The number of rotatable bonds is 6. The molecule has 1 aromatic heterocycles. The fraction of sp³-hybridized carbons (Fsp3) is 0.333. The second-order valence-corrected chi connectivity index (χ2v) is 4.23. The number of nitrogens with one attached hydrogen (secondary N) is 1. The molecule has 0 aliphatic rings. The van der Waals surface area contributed by atoms with Crippen LogP contribution in [0, 0.1) is 0 Å². The van der Waals surface area contributed by atoms with Crippen LogP contribution in [0.1, 0.15) is 25.1 Å². The van der Waals surface area contributed by atoms with E-state index in [1.54, 1.807) is 12.4 Å². The van der Waals surface area contributed by atoms with E-state index in [4.69, 9.17) is 4.74 Å². The van der Waals surface area contributed by atoms with Gasteiger partial charge in [-0.2, -0.15) is 0 Å². The lowest BCUT2D eigenvalue weighted by Crippen LogP contribution is -2.13. The zero-order valence-corrected chi connectivity index (χ0v) is 11.4. The molecule has 4 nitrogen and oxygen atoms in total. The molecule has 2 rings (SSSR count). The lowest BCUT2D eigenvalue weighted by Gasteiger charge is -2.06. The van der Waals surface area contributed by atoms with Crippen molar-refractivity contribution in [2.75, 3.05) is 6.54 Å². The van der Waals surface area contributed by atoms with Crippen molar-refractivity contribution >= 4 is 0 Å². The van der Waals surface area contributed by atoms with Crippen LogP contribution < -0.4 is 10.1 Å². The highest BCUT2D eigenvalue weighted by Crippen LogP contribution is 2.19. The first-order valence-electron chi connectivity index (χ1n) is 6.60. The van der Waals surface area contributed by atoms with E-state index in [1.807, 2.05) is 18.2 Å². The summed E-state index contributed by atoms with van der Waals surface area (Å²) in [5, 5.41) is 3.21. The Labute approximate surface area is 113 Å². The van der Waals surface area contributed by atoms with Crippen LogP contribution in [0.5, 0.6) is 11.6 Å². The average molecular weight is 257 g/mol. The van der Waals surface area contributed by atoms with Crippen LogP contribution in [0.25, 0.3) is 0 Å². The number of hydrogen-bond acceptors (Lipinski definition) is 4. The summed E-state index contributed by atoms with van der Waals surface area (Å²) >= 11 is 0. The van der Waals surface area contributed by atoms with Gasteiger partial charge >= 0.3 is 0 Å². The highest BCUT2D eigenvalue weighted by atomic mass is 16.5. The van der Waals surface area contributed by atoms with E-state index in [0.717, 1.165) is 31.0 Å². The standard InChI is InChI=1S/C15H19N3O/c1-3-12-6-5-7-14(8-12)19-15-11-17-13(10-18-15)9-16-4-2/h5-8,10-11,16H,3-4,9H2,1-2H3. The molecule has 0 spiro atoms. The van der Waals surface area contributed by atoms with Crippen molar-refractivity contribution in [1.29, 1.82) is 0 Å². The van der Waals surface area contributed by atoms with Crippen molar-refractivity contribution in [2.24, 2.45) is 0 Å². The first kappa shape index (κ1) is 13.5. The van der Waals surface area contributed by atoms with Crippen LogP contribution in [0.15, 0.2) is 36.7 Å². The third-order valence-corrected chi connectivity index (χ3v) is 2.77. The monoisotopic (exact) mass is 257 g/mol. The van der Waals surface area contributed by atoms with E-state index < -0.39 is 0 Å². The van der Waals surface area contributed by atoms with E-state index in [2.05, 4.69) is 35.2 Å². The van der Waals surface area contributed by atoms with Crippen LogP contribution in [-0.2, 0) is 13.0 Å². The molecule has 100 valence electrons. The normalized spacial score (nSPS) is 10.4. The molecule has 0 aliphatic heterocycles. The Bertz CT molecular complexity index is 511. The highest BCUT2D eigenvalue weighted by molar-refractivity contribution is 5.31. The molecule has 2 aromatic rings. The molecule has 19 heavy (non-hydrogen) atoms. The molecule has 0 radical (unpaired) electrons. The zero-order chi connectivity index (χ0) is 13.5. The molecule has 0 saturated heterocycles. The van der Waals surface area contributed by atoms with Gasteiger partial charge in [0.1, 0.15) is 5.75 Å². The minimum absolute atomic E-state index is 0.522. The Balaban J connectivity index is 2.02. The third-order valence-electron chi connectivity index (χ3n) is 2.77. The van der Waals surface area contributed by atoms with E-state index >= 15 is 0 Å². The number of nitrogens with zero attached hydrogens (tertiary/aromatic N) is 2. The molecule has 1 heterocycles. The van der Waals surface area contributed by atoms with Gasteiger partial charge in [-0.1, -0.05) is 26.0 Å². The van der Waals surface area contributed by atoms with Crippen LogP contribution in [0.4, 0.5) is 0 Å². The van der Waals surface area contributed by atoms with E-state index in [1.165, 1.54) is 5.56 Å². The Morgan fingerprint density at radius 1 is 1.16 bits per heavy atom. The zero-order valence-electron chi connectivity index (χ0n) is 11.4. The summed E-state index contributed by atoms with van der Waals surface area (Å²) in [6.45, 7) is 5.83. The van der Waals surface area contributed by atoms with Gasteiger partial charge in [0.15, 0.2) is 0 Å². The predicted octanol–water partition coefficient (Wildman–Crippen LogP) is 2.94. The van der Waals surface area contributed by atoms with Gasteiger partial charge in [-0.3, -0.25) is 4.98 Å². The van der Waals surface area contributed by atoms with Crippen LogP contribution in [-0.4, -0.2) is 16.5 Å². The summed E-state index contributed by atoms with van der Waals surface area (Å²) in [6.07, 6.45) is 4.39.